The molecule has 2 fully saturated rings. The third-order valence-corrected chi connectivity index (χ3v) is 8.34. The molecule has 33 heavy (non-hydrogen) atoms. The van der Waals surface area contributed by atoms with E-state index < -0.39 is 17.5 Å². The van der Waals surface area contributed by atoms with Gasteiger partial charge in [0.1, 0.15) is 17.4 Å². The Morgan fingerprint density at radius 3 is 2.79 bits per heavy atom. The van der Waals surface area contributed by atoms with E-state index >= 15 is 0 Å². The number of pyridine rings is 1. The second-order valence-electron chi connectivity index (χ2n) is 10.1. The number of halogens is 3. The van der Waals surface area contributed by atoms with Crippen LogP contribution in [-0.2, 0) is 16.0 Å². The summed E-state index contributed by atoms with van der Waals surface area (Å²) < 4.78 is 40.6. The van der Waals surface area contributed by atoms with Crippen LogP contribution in [0.15, 0.2) is 30.5 Å². The number of anilines is 1. The molecule has 4 nitrogen and oxygen atoms in total. The van der Waals surface area contributed by atoms with Crippen molar-refractivity contribution in [1.82, 2.24) is 4.98 Å². The van der Waals surface area contributed by atoms with Crippen molar-refractivity contribution in [3.8, 4) is 0 Å². The van der Waals surface area contributed by atoms with Crippen molar-refractivity contribution in [2.75, 3.05) is 5.32 Å². The first kappa shape index (κ1) is 22.1. The van der Waals surface area contributed by atoms with Crippen LogP contribution < -0.4 is 5.32 Å². The number of benzene rings is 1. The molecular weight excluding hydrogens is 429 g/mol. The highest BCUT2D eigenvalue weighted by Gasteiger charge is 2.58. The third-order valence-electron chi connectivity index (χ3n) is 8.34. The number of rotatable bonds is 4. The Morgan fingerprint density at radius 1 is 1.18 bits per heavy atom. The van der Waals surface area contributed by atoms with Gasteiger partial charge in [-0.05, 0) is 79.0 Å². The lowest BCUT2D eigenvalue weighted by molar-refractivity contribution is -0.129. The van der Waals surface area contributed by atoms with Crippen molar-refractivity contribution in [1.29, 1.82) is 0 Å². The zero-order chi connectivity index (χ0) is 23.3. The largest absolute Gasteiger partial charge is 0.308 e. The molecule has 5 rings (SSSR count). The van der Waals surface area contributed by atoms with Crippen LogP contribution >= 0.6 is 0 Å². The molecule has 0 aliphatic heterocycles. The maximum atomic E-state index is 13.8. The van der Waals surface area contributed by atoms with E-state index in [9.17, 15) is 22.8 Å². The summed E-state index contributed by atoms with van der Waals surface area (Å²) in [6, 6.07) is 5.76. The summed E-state index contributed by atoms with van der Waals surface area (Å²) in [5, 5.41) is 2.42. The molecule has 3 unspecified atom stereocenters. The van der Waals surface area contributed by atoms with E-state index in [1.54, 1.807) is 6.07 Å². The van der Waals surface area contributed by atoms with Crippen LogP contribution in [0.25, 0.3) is 0 Å². The summed E-state index contributed by atoms with van der Waals surface area (Å²) >= 11 is 0. The van der Waals surface area contributed by atoms with E-state index in [-0.39, 0.29) is 41.1 Å². The maximum absolute atomic E-state index is 13.8. The van der Waals surface area contributed by atoms with E-state index in [1.165, 1.54) is 11.6 Å². The molecule has 0 spiro atoms. The number of aromatic nitrogens is 1. The first-order valence-electron chi connectivity index (χ1n) is 11.7. The molecule has 174 valence electrons. The van der Waals surface area contributed by atoms with Crippen molar-refractivity contribution in [2.24, 2.45) is 23.2 Å². The number of ketones is 1. The predicted octanol–water partition coefficient (Wildman–Crippen LogP) is 5.57. The average molecular weight is 457 g/mol. The number of carbonyl (C=O) groups is 2. The van der Waals surface area contributed by atoms with Crippen LogP contribution in [0.3, 0.4) is 0 Å². The van der Waals surface area contributed by atoms with Gasteiger partial charge in [-0.15, -0.1) is 0 Å². The summed E-state index contributed by atoms with van der Waals surface area (Å²) in [7, 11) is 0. The molecule has 1 aromatic carbocycles. The molecule has 7 heteroatoms. The van der Waals surface area contributed by atoms with Crippen molar-refractivity contribution in [3.63, 3.8) is 0 Å². The van der Waals surface area contributed by atoms with Gasteiger partial charge in [0.2, 0.25) is 5.91 Å². The Labute approximate surface area is 191 Å². The van der Waals surface area contributed by atoms with Crippen LogP contribution in [0.5, 0.6) is 0 Å². The van der Waals surface area contributed by atoms with Gasteiger partial charge in [-0.1, -0.05) is 13.0 Å². The summed E-state index contributed by atoms with van der Waals surface area (Å²) in [5.41, 5.74) is 1.90. The Bertz CT molecular complexity index is 1120. The van der Waals surface area contributed by atoms with Gasteiger partial charge in [0.05, 0.1) is 6.20 Å². The van der Waals surface area contributed by atoms with Gasteiger partial charge in [0, 0.05) is 24.3 Å². The molecule has 1 N–H and O–H groups in total. The number of nitrogens with zero attached hydrogens (tertiary/aromatic N) is 1. The van der Waals surface area contributed by atoms with Crippen LogP contribution in [0.4, 0.5) is 19.0 Å². The topological polar surface area (TPSA) is 59.1 Å². The van der Waals surface area contributed by atoms with E-state index in [1.807, 2.05) is 6.07 Å². The summed E-state index contributed by atoms with van der Waals surface area (Å²) in [6.07, 6.45) is 5.43. The zero-order valence-electron chi connectivity index (χ0n) is 18.5. The molecule has 0 radical (unpaired) electrons. The van der Waals surface area contributed by atoms with Gasteiger partial charge >= 0.3 is 0 Å². The summed E-state index contributed by atoms with van der Waals surface area (Å²) in [6.45, 7) is 2.08. The second-order valence-corrected chi connectivity index (χ2v) is 10.1. The van der Waals surface area contributed by atoms with Gasteiger partial charge in [0.15, 0.2) is 11.6 Å². The zero-order valence-corrected chi connectivity index (χ0v) is 18.5. The van der Waals surface area contributed by atoms with Gasteiger partial charge in [-0.25, -0.2) is 18.2 Å². The molecule has 1 heterocycles. The predicted molar refractivity (Wildman–Crippen MR) is 117 cm³/mol. The Morgan fingerprint density at radius 2 is 2.00 bits per heavy atom. The first-order valence-corrected chi connectivity index (χ1v) is 11.7. The van der Waals surface area contributed by atoms with Crippen LogP contribution in [0, 0.1) is 40.6 Å². The second kappa shape index (κ2) is 8.26. The lowest BCUT2D eigenvalue weighted by Gasteiger charge is -2.50. The number of nitrogens with one attached hydrogen (secondary N) is 1. The number of aryl methyl sites for hydroxylation is 1. The van der Waals surface area contributed by atoms with Crippen LogP contribution in [0.2, 0.25) is 0 Å². The molecular formula is C26H27F3N2O2. The minimum atomic E-state index is -0.917. The van der Waals surface area contributed by atoms with Gasteiger partial charge < -0.3 is 5.32 Å². The highest BCUT2D eigenvalue weighted by Crippen LogP contribution is 2.62. The monoisotopic (exact) mass is 456 g/mol. The molecule has 3 aliphatic rings. The standard InChI is InChI=1S/C26H27F3N2O2/c1-26-9-8-19-18-6-4-16(27)10-14(18)2-5-20(19)24(26)15(11-22(26)32)3-7-23(33)31-25-21(29)12-17(28)13-30-25/h4,6,10,12-13,15,19-20,24H,2-3,5,7-9,11H2,1H3,(H,30,31,33)/t15-,19?,20?,24?,26-/m1/s1. The lowest BCUT2D eigenvalue weighted by Crippen LogP contribution is -2.44. The molecule has 2 saturated carbocycles. The minimum Gasteiger partial charge on any atom is -0.308 e. The summed E-state index contributed by atoms with van der Waals surface area (Å²) in [4.78, 5) is 29.2. The molecule has 1 aromatic heterocycles. The molecule has 2 aromatic rings. The van der Waals surface area contributed by atoms with E-state index in [2.05, 4.69) is 17.2 Å². The van der Waals surface area contributed by atoms with E-state index in [0.29, 0.717) is 30.7 Å². The number of hydrogen-bond donors (Lipinski definition) is 1. The van der Waals surface area contributed by atoms with Crippen LogP contribution in [0.1, 0.15) is 62.5 Å². The number of Topliss-reactive ketones (excluding diaryl/α,β-unsaturated/α-hetero) is 1. The van der Waals surface area contributed by atoms with E-state index in [4.69, 9.17) is 0 Å². The third kappa shape index (κ3) is 3.85. The Balaban J connectivity index is 1.32. The number of fused-ring (bicyclic) bond motifs is 5. The minimum absolute atomic E-state index is 0.0778. The number of hydrogen-bond acceptors (Lipinski definition) is 3. The lowest BCUT2D eigenvalue weighted by atomic mass is 9.54. The highest BCUT2D eigenvalue weighted by molar-refractivity contribution is 5.90. The fraction of sp³-hybridized carbons (Fsp3) is 0.500. The Kier molecular flexibility index (Phi) is 5.53. The van der Waals surface area contributed by atoms with Crippen molar-refractivity contribution < 1.29 is 22.8 Å². The molecule has 1 amide bonds. The highest BCUT2D eigenvalue weighted by atomic mass is 19.1. The van der Waals surface area contributed by atoms with Gasteiger partial charge in [-0.2, -0.15) is 0 Å². The molecule has 5 atom stereocenters. The van der Waals surface area contributed by atoms with Crippen molar-refractivity contribution >= 4 is 17.5 Å². The fourth-order valence-electron chi connectivity index (χ4n) is 6.89. The average Bonchev–Trinajstić information content (AvgIpc) is 3.04. The smallest absolute Gasteiger partial charge is 0.225 e. The molecule has 3 aliphatic carbocycles. The Hall–Kier alpha value is -2.70. The van der Waals surface area contributed by atoms with Crippen molar-refractivity contribution in [2.45, 2.75) is 57.8 Å². The van der Waals surface area contributed by atoms with Crippen LogP contribution in [-0.4, -0.2) is 16.7 Å². The first-order chi connectivity index (χ1) is 15.8. The number of carbonyl (C=O) groups excluding carboxylic acids is 2. The maximum Gasteiger partial charge on any atom is 0.225 e. The fourth-order valence-corrected chi connectivity index (χ4v) is 6.89. The molecule has 0 saturated heterocycles. The van der Waals surface area contributed by atoms with Gasteiger partial charge in [0.25, 0.3) is 0 Å². The SMILES string of the molecule is C[C@]12CCC3c4ccc(F)cc4CCC3C1[C@H](CCC(=O)Nc1ncc(F)cc1F)CC2=O. The van der Waals surface area contributed by atoms with Crippen molar-refractivity contribution in [3.05, 3.63) is 59.0 Å². The molecule has 0 bridgehead atoms. The number of amides is 1. The summed E-state index contributed by atoms with van der Waals surface area (Å²) in [5.74, 6) is -1.45. The van der Waals surface area contributed by atoms with E-state index in [0.717, 1.165) is 37.4 Å². The quantitative estimate of drug-likeness (QED) is 0.655. The van der Waals surface area contributed by atoms with Gasteiger partial charge in [-0.3, -0.25) is 9.59 Å². The normalized spacial score (nSPS) is 30.4.